The van der Waals surface area contributed by atoms with E-state index >= 15 is 0 Å². The van der Waals surface area contributed by atoms with Crippen molar-refractivity contribution in [2.75, 3.05) is 7.05 Å². The molecule has 0 atom stereocenters. The molecule has 2 aromatic carbocycles. The molecule has 0 fully saturated rings. The van der Waals surface area contributed by atoms with Gasteiger partial charge in [0.15, 0.2) is 0 Å². The lowest BCUT2D eigenvalue weighted by Gasteiger charge is -2.19. The second kappa shape index (κ2) is 10.3. The molecule has 3 rings (SSSR count). The molecule has 0 bridgehead atoms. The van der Waals surface area contributed by atoms with Crippen molar-refractivity contribution in [3.63, 3.8) is 0 Å². The van der Waals surface area contributed by atoms with Gasteiger partial charge in [-0.1, -0.05) is 30.3 Å². The van der Waals surface area contributed by atoms with Crippen LogP contribution in [0.3, 0.4) is 0 Å². The van der Waals surface area contributed by atoms with Crippen LogP contribution in [0.1, 0.15) is 32.9 Å². The van der Waals surface area contributed by atoms with Crippen molar-refractivity contribution < 1.29 is 40.8 Å². The number of benzene rings is 2. The van der Waals surface area contributed by atoms with Crippen LogP contribution in [0.5, 0.6) is 0 Å². The van der Waals surface area contributed by atoms with Gasteiger partial charge in [0.25, 0.3) is 0 Å². The van der Waals surface area contributed by atoms with Crippen LogP contribution in [0.25, 0.3) is 11.3 Å². The number of rotatable bonds is 7. The molecule has 0 aliphatic heterocycles. The Morgan fingerprint density at radius 3 is 2.08 bits per heavy atom. The summed E-state index contributed by atoms with van der Waals surface area (Å²) in [6, 6.07) is 9.37. The standard InChI is InChI=1S/C23H18F6N4O3/c1-33(12-13-7-15(22(24,25)26)9-16(8-13)23(27,28)29)36-21(35)17-11-31-19(10-18(30)34)32-20(17)14-5-3-2-4-6-14/h2-9,11H,10,12H2,1H3,(H2,30,34). The Labute approximate surface area is 200 Å². The van der Waals surface area contributed by atoms with Gasteiger partial charge in [0.05, 0.1) is 29.8 Å². The lowest BCUT2D eigenvalue weighted by molar-refractivity contribution is -0.143. The van der Waals surface area contributed by atoms with Gasteiger partial charge in [-0.15, -0.1) is 5.06 Å². The molecule has 0 spiro atoms. The van der Waals surface area contributed by atoms with Crippen molar-refractivity contribution in [1.29, 1.82) is 0 Å². The molecule has 0 saturated carbocycles. The van der Waals surface area contributed by atoms with Gasteiger partial charge in [-0.25, -0.2) is 14.8 Å². The number of alkyl halides is 6. The summed E-state index contributed by atoms with van der Waals surface area (Å²) in [6.07, 6.45) is -9.23. The molecule has 0 saturated heterocycles. The molecular weight excluding hydrogens is 494 g/mol. The van der Waals surface area contributed by atoms with Crippen LogP contribution in [0.4, 0.5) is 26.3 Å². The summed E-state index contributed by atoms with van der Waals surface area (Å²) >= 11 is 0. The second-order valence-electron chi connectivity index (χ2n) is 7.64. The summed E-state index contributed by atoms with van der Waals surface area (Å²) < 4.78 is 78.7. The summed E-state index contributed by atoms with van der Waals surface area (Å²) in [5.41, 5.74) is 2.21. The molecule has 7 nitrogen and oxygen atoms in total. The Balaban J connectivity index is 1.88. The first kappa shape index (κ1) is 26.6. The molecule has 0 aliphatic carbocycles. The highest BCUT2D eigenvalue weighted by atomic mass is 19.4. The number of aromatic nitrogens is 2. The van der Waals surface area contributed by atoms with Gasteiger partial charge in [0.2, 0.25) is 5.91 Å². The highest BCUT2D eigenvalue weighted by molar-refractivity contribution is 5.95. The molecule has 190 valence electrons. The Morgan fingerprint density at radius 2 is 1.56 bits per heavy atom. The number of hydrogen-bond acceptors (Lipinski definition) is 6. The van der Waals surface area contributed by atoms with Gasteiger partial charge in [-0.3, -0.25) is 4.79 Å². The summed E-state index contributed by atoms with van der Waals surface area (Å²) in [4.78, 5) is 37.3. The SMILES string of the molecule is CN(Cc1cc(C(F)(F)F)cc(C(F)(F)F)c1)OC(=O)c1cnc(CC(N)=O)nc1-c1ccccc1. The number of primary amides is 1. The van der Waals surface area contributed by atoms with Crippen LogP contribution in [0, 0.1) is 0 Å². The maximum atomic E-state index is 13.1. The number of nitrogens with two attached hydrogens (primary N) is 1. The van der Waals surface area contributed by atoms with Crippen LogP contribution in [0.2, 0.25) is 0 Å². The number of carbonyl (C=O) groups is 2. The van der Waals surface area contributed by atoms with E-state index in [-0.39, 0.29) is 35.1 Å². The predicted molar refractivity (Wildman–Crippen MR) is 114 cm³/mol. The number of amides is 1. The van der Waals surface area contributed by atoms with E-state index in [2.05, 4.69) is 9.97 Å². The molecular formula is C23H18F6N4O3. The normalized spacial score (nSPS) is 12.0. The van der Waals surface area contributed by atoms with Gasteiger partial charge in [0, 0.05) is 18.8 Å². The maximum Gasteiger partial charge on any atom is 0.416 e. The zero-order chi connectivity index (χ0) is 26.7. The number of hydrogen-bond donors (Lipinski definition) is 1. The molecule has 1 aromatic heterocycles. The van der Waals surface area contributed by atoms with Crippen molar-refractivity contribution in [3.05, 3.63) is 82.8 Å². The van der Waals surface area contributed by atoms with E-state index < -0.39 is 41.9 Å². The minimum absolute atomic E-state index is 0.00657. The first-order valence-corrected chi connectivity index (χ1v) is 10.2. The van der Waals surface area contributed by atoms with Crippen LogP contribution < -0.4 is 5.73 Å². The summed E-state index contributed by atoms with van der Waals surface area (Å²) in [7, 11) is 1.16. The molecule has 1 heterocycles. The van der Waals surface area contributed by atoms with Crippen LogP contribution in [-0.4, -0.2) is 34.0 Å². The van der Waals surface area contributed by atoms with Gasteiger partial charge < -0.3 is 10.6 Å². The fraction of sp³-hybridized carbons (Fsp3) is 0.217. The first-order chi connectivity index (χ1) is 16.7. The van der Waals surface area contributed by atoms with Crippen LogP contribution in [-0.2, 0) is 35.0 Å². The quantitative estimate of drug-likeness (QED) is 0.372. The third-order valence-corrected chi connectivity index (χ3v) is 4.73. The van der Waals surface area contributed by atoms with Crippen molar-refractivity contribution in [3.8, 4) is 11.3 Å². The third-order valence-electron chi connectivity index (χ3n) is 4.73. The lowest BCUT2D eigenvalue weighted by Crippen LogP contribution is -2.24. The zero-order valence-electron chi connectivity index (χ0n) is 18.5. The fourth-order valence-corrected chi connectivity index (χ4v) is 3.22. The fourth-order valence-electron chi connectivity index (χ4n) is 3.22. The highest BCUT2D eigenvalue weighted by Crippen LogP contribution is 2.36. The first-order valence-electron chi connectivity index (χ1n) is 10.2. The Hall–Kier alpha value is -4.00. The number of halogens is 6. The van der Waals surface area contributed by atoms with E-state index in [9.17, 15) is 35.9 Å². The van der Waals surface area contributed by atoms with E-state index in [4.69, 9.17) is 10.6 Å². The van der Waals surface area contributed by atoms with Gasteiger partial charge in [0.1, 0.15) is 11.4 Å². The topological polar surface area (TPSA) is 98.4 Å². The van der Waals surface area contributed by atoms with E-state index in [0.29, 0.717) is 17.7 Å². The molecule has 0 aliphatic rings. The van der Waals surface area contributed by atoms with Crippen LogP contribution >= 0.6 is 0 Å². The van der Waals surface area contributed by atoms with Gasteiger partial charge >= 0.3 is 18.3 Å². The monoisotopic (exact) mass is 512 g/mol. The molecule has 0 unspecified atom stereocenters. The molecule has 13 heteroatoms. The number of nitrogens with zero attached hydrogens (tertiary/aromatic N) is 3. The van der Waals surface area contributed by atoms with Crippen molar-refractivity contribution in [2.45, 2.75) is 25.3 Å². The highest BCUT2D eigenvalue weighted by Gasteiger charge is 2.37. The number of carbonyl (C=O) groups excluding carboxylic acids is 2. The van der Waals surface area contributed by atoms with Crippen molar-refractivity contribution >= 4 is 11.9 Å². The van der Waals surface area contributed by atoms with Gasteiger partial charge in [-0.2, -0.15) is 26.3 Å². The average molecular weight is 512 g/mol. The summed E-state index contributed by atoms with van der Waals surface area (Å²) in [6.45, 7) is -0.583. The molecule has 0 radical (unpaired) electrons. The molecule has 3 aromatic rings. The third kappa shape index (κ3) is 6.78. The molecule has 1 amide bonds. The Bertz CT molecular complexity index is 1230. The largest absolute Gasteiger partial charge is 0.416 e. The lowest BCUT2D eigenvalue weighted by atomic mass is 10.0. The van der Waals surface area contributed by atoms with E-state index in [1.807, 2.05) is 0 Å². The van der Waals surface area contributed by atoms with E-state index in [1.54, 1.807) is 30.3 Å². The van der Waals surface area contributed by atoms with E-state index in [0.717, 1.165) is 18.3 Å². The number of hydroxylamine groups is 2. The van der Waals surface area contributed by atoms with Crippen molar-refractivity contribution in [1.82, 2.24) is 15.0 Å². The molecule has 2 N–H and O–H groups in total. The zero-order valence-corrected chi connectivity index (χ0v) is 18.5. The Kier molecular flexibility index (Phi) is 7.62. The second-order valence-corrected chi connectivity index (χ2v) is 7.64. The minimum Gasteiger partial charge on any atom is -0.369 e. The minimum atomic E-state index is -5.01. The molecule has 36 heavy (non-hydrogen) atoms. The van der Waals surface area contributed by atoms with Crippen LogP contribution in [0.15, 0.2) is 54.7 Å². The predicted octanol–water partition coefficient (Wildman–Crippen LogP) is 4.41. The van der Waals surface area contributed by atoms with Crippen molar-refractivity contribution in [2.24, 2.45) is 5.73 Å². The summed E-state index contributed by atoms with van der Waals surface area (Å²) in [5.74, 6) is -1.69. The van der Waals surface area contributed by atoms with E-state index in [1.165, 1.54) is 0 Å². The smallest absolute Gasteiger partial charge is 0.369 e. The maximum absolute atomic E-state index is 13.1. The average Bonchev–Trinajstić information content (AvgIpc) is 2.77. The summed E-state index contributed by atoms with van der Waals surface area (Å²) in [5, 5.41) is 0.782. The Morgan fingerprint density at radius 1 is 0.972 bits per heavy atom. The van der Waals surface area contributed by atoms with Gasteiger partial charge in [-0.05, 0) is 23.8 Å².